The maximum atomic E-state index is 14.2. The molecule has 1 amide bonds. The number of hydrogen-bond donors (Lipinski definition) is 0. The van der Waals surface area contributed by atoms with Gasteiger partial charge in [0.05, 0.1) is 55.1 Å². The summed E-state index contributed by atoms with van der Waals surface area (Å²) in [6, 6.07) is 10.0. The predicted octanol–water partition coefficient (Wildman–Crippen LogP) is 4.93. The molecular formula is C28H27Cl2N5O5. The normalized spacial score (nSPS) is 15.3. The van der Waals surface area contributed by atoms with E-state index in [1.54, 1.807) is 43.6 Å². The van der Waals surface area contributed by atoms with Crippen molar-refractivity contribution in [2.24, 2.45) is 7.05 Å². The molecule has 1 aromatic carbocycles. The van der Waals surface area contributed by atoms with Gasteiger partial charge in [0, 0.05) is 31.6 Å². The Bertz CT molecular complexity index is 1620. The minimum Gasteiger partial charge on any atom is -0.480 e. The predicted molar refractivity (Wildman–Crippen MR) is 152 cm³/mol. The summed E-state index contributed by atoms with van der Waals surface area (Å²) in [5.74, 6) is 0.0359. The zero-order valence-electron chi connectivity index (χ0n) is 22.5. The van der Waals surface area contributed by atoms with E-state index in [4.69, 9.17) is 37.4 Å². The van der Waals surface area contributed by atoms with Gasteiger partial charge in [0.1, 0.15) is 11.1 Å². The van der Waals surface area contributed by atoms with Crippen LogP contribution in [0.25, 0.3) is 11.3 Å². The highest BCUT2D eigenvalue weighted by atomic mass is 35.5. The third-order valence-corrected chi connectivity index (χ3v) is 7.39. The van der Waals surface area contributed by atoms with Gasteiger partial charge < -0.3 is 23.3 Å². The molecule has 40 heavy (non-hydrogen) atoms. The number of halogens is 2. The molecule has 1 aliphatic heterocycles. The number of pyridine rings is 1. The molecule has 0 spiro atoms. The fourth-order valence-corrected chi connectivity index (χ4v) is 5.51. The van der Waals surface area contributed by atoms with Crippen molar-refractivity contribution < 1.29 is 19.0 Å². The second-order valence-electron chi connectivity index (χ2n) is 9.37. The minimum absolute atomic E-state index is 0.00988. The Morgan fingerprint density at radius 2 is 1.75 bits per heavy atom. The molecule has 4 heterocycles. The first-order valence-electron chi connectivity index (χ1n) is 12.3. The Morgan fingerprint density at radius 1 is 1.02 bits per heavy atom. The van der Waals surface area contributed by atoms with Crippen molar-refractivity contribution in [1.82, 2.24) is 19.1 Å². The molecule has 0 fully saturated rings. The Balaban J connectivity index is 1.80. The summed E-state index contributed by atoms with van der Waals surface area (Å²) >= 11 is 12.5. The lowest BCUT2D eigenvalue weighted by molar-refractivity contribution is 0.0993. The molecule has 2 atom stereocenters. The molecule has 0 radical (unpaired) electrons. The maximum absolute atomic E-state index is 14.2. The van der Waals surface area contributed by atoms with Gasteiger partial charge in [0.2, 0.25) is 5.88 Å². The van der Waals surface area contributed by atoms with Crippen molar-refractivity contribution >= 4 is 34.8 Å². The average molecular weight is 584 g/mol. The maximum Gasteiger partial charge on any atom is 0.319 e. The van der Waals surface area contributed by atoms with E-state index in [1.807, 2.05) is 29.7 Å². The average Bonchev–Trinajstić information content (AvgIpc) is 3.46. The van der Waals surface area contributed by atoms with Crippen molar-refractivity contribution in [3.63, 3.8) is 0 Å². The monoisotopic (exact) mass is 583 g/mol. The molecule has 0 N–H and O–H groups in total. The van der Waals surface area contributed by atoms with E-state index in [2.05, 4.69) is 9.97 Å². The lowest BCUT2D eigenvalue weighted by Crippen LogP contribution is -2.32. The summed E-state index contributed by atoms with van der Waals surface area (Å²) in [4.78, 5) is 36.9. The van der Waals surface area contributed by atoms with E-state index < -0.39 is 6.04 Å². The van der Waals surface area contributed by atoms with Gasteiger partial charge in [-0.05, 0) is 36.8 Å². The molecule has 12 heteroatoms. The Hall–Kier alpha value is -3.86. The molecule has 0 bridgehead atoms. The van der Waals surface area contributed by atoms with E-state index in [-0.39, 0.29) is 28.5 Å². The second-order valence-corrected chi connectivity index (χ2v) is 10.2. The third-order valence-electron chi connectivity index (χ3n) is 6.86. The van der Waals surface area contributed by atoms with Crippen LogP contribution >= 0.6 is 23.2 Å². The number of benzene rings is 1. The SMILES string of the molecule is COC[C@@H](C)n1c(-c2cnc(OC)nc2OC)cc2c1[C@H](c1ccc(Cl)cc1)N(c1cc(Cl)c(=O)n(C)c1)C2=O. The van der Waals surface area contributed by atoms with Crippen LogP contribution in [0.15, 0.2) is 53.6 Å². The first kappa shape index (κ1) is 27.7. The fourth-order valence-electron chi connectivity index (χ4n) is 5.14. The lowest BCUT2D eigenvalue weighted by atomic mass is 10.0. The fraction of sp³-hybridized carbons (Fsp3) is 0.286. The summed E-state index contributed by atoms with van der Waals surface area (Å²) in [5.41, 5.74) is 3.40. The minimum atomic E-state index is -0.577. The van der Waals surface area contributed by atoms with Gasteiger partial charge in [0.25, 0.3) is 11.5 Å². The van der Waals surface area contributed by atoms with Crippen molar-refractivity contribution in [2.45, 2.75) is 19.0 Å². The van der Waals surface area contributed by atoms with Gasteiger partial charge in [0.15, 0.2) is 0 Å². The largest absolute Gasteiger partial charge is 0.480 e. The second kappa shape index (κ2) is 11.0. The van der Waals surface area contributed by atoms with Crippen LogP contribution in [0.2, 0.25) is 10.0 Å². The van der Waals surface area contributed by atoms with Gasteiger partial charge in [-0.15, -0.1) is 0 Å². The number of ether oxygens (including phenoxy) is 3. The molecule has 0 saturated carbocycles. The molecular weight excluding hydrogens is 557 g/mol. The lowest BCUT2D eigenvalue weighted by Gasteiger charge is -2.30. The number of anilines is 1. The van der Waals surface area contributed by atoms with Crippen LogP contribution in [0.4, 0.5) is 5.69 Å². The highest BCUT2D eigenvalue weighted by Crippen LogP contribution is 2.47. The van der Waals surface area contributed by atoms with Crippen molar-refractivity contribution in [2.75, 3.05) is 32.8 Å². The standard InChI is InChI=1S/C28H27Cl2N5O5/c1-15(14-38-3)34-22(20-12-31-28(40-5)32-25(20)39-4)11-19-24(34)23(16-6-8-17(29)9-7-16)35(26(19)36)18-10-21(30)27(37)33(2)13-18/h6-13,15,23H,14H2,1-5H3/t15-,23+/m1/s1. The van der Waals surface area contributed by atoms with Gasteiger partial charge in [-0.2, -0.15) is 4.98 Å². The summed E-state index contributed by atoms with van der Waals surface area (Å²) < 4.78 is 19.7. The molecule has 5 rings (SSSR count). The Labute approximate surface area is 240 Å². The first-order valence-corrected chi connectivity index (χ1v) is 13.1. The van der Waals surface area contributed by atoms with Crippen molar-refractivity contribution in [3.05, 3.63) is 86.0 Å². The summed E-state index contributed by atoms with van der Waals surface area (Å²) in [6.45, 7) is 2.36. The summed E-state index contributed by atoms with van der Waals surface area (Å²) in [6.07, 6.45) is 3.21. The number of hydrogen-bond acceptors (Lipinski definition) is 7. The zero-order chi connectivity index (χ0) is 28.7. The topological polar surface area (TPSA) is 101 Å². The smallest absolute Gasteiger partial charge is 0.319 e. The van der Waals surface area contributed by atoms with Gasteiger partial charge in [-0.1, -0.05) is 35.3 Å². The number of carbonyl (C=O) groups is 1. The van der Waals surface area contributed by atoms with Gasteiger partial charge >= 0.3 is 6.01 Å². The number of amides is 1. The molecule has 0 saturated heterocycles. The van der Waals surface area contributed by atoms with E-state index in [1.165, 1.54) is 24.9 Å². The van der Waals surface area contributed by atoms with E-state index in [9.17, 15) is 9.59 Å². The number of aromatic nitrogens is 4. The summed E-state index contributed by atoms with van der Waals surface area (Å²) in [5, 5.41) is 0.574. The molecule has 0 aliphatic carbocycles. The highest BCUT2D eigenvalue weighted by molar-refractivity contribution is 6.31. The Kier molecular flexibility index (Phi) is 7.59. The van der Waals surface area contributed by atoms with Crippen LogP contribution in [0.3, 0.4) is 0 Å². The number of aryl methyl sites for hydroxylation is 1. The first-order chi connectivity index (χ1) is 19.2. The van der Waals surface area contributed by atoms with Gasteiger partial charge in [-0.3, -0.25) is 14.5 Å². The van der Waals surface area contributed by atoms with Crippen LogP contribution in [0.1, 0.15) is 40.6 Å². The molecule has 208 valence electrons. The van der Waals surface area contributed by atoms with Crippen LogP contribution in [-0.4, -0.2) is 52.9 Å². The Morgan fingerprint density at radius 3 is 2.38 bits per heavy atom. The quantitative estimate of drug-likeness (QED) is 0.290. The number of carbonyl (C=O) groups excluding carboxylic acids is 1. The number of rotatable bonds is 8. The number of nitrogens with zero attached hydrogens (tertiary/aromatic N) is 5. The van der Waals surface area contributed by atoms with Crippen LogP contribution < -0.4 is 19.9 Å². The number of methoxy groups -OCH3 is 3. The molecule has 1 aliphatic rings. The van der Waals surface area contributed by atoms with Crippen molar-refractivity contribution in [1.29, 1.82) is 0 Å². The zero-order valence-corrected chi connectivity index (χ0v) is 24.0. The molecule has 10 nitrogen and oxygen atoms in total. The van der Waals surface area contributed by atoms with E-state index in [0.717, 1.165) is 11.3 Å². The van der Waals surface area contributed by atoms with Crippen LogP contribution in [0, 0.1) is 0 Å². The number of fused-ring (bicyclic) bond motifs is 1. The summed E-state index contributed by atoms with van der Waals surface area (Å²) in [7, 11) is 6.20. The van der Waals surface area contributed by atoms with Gasteiger partial charge in [-0.25, -0.2) is 4.98 Å². The van der Waals surface area contributed by atoms with Crippen molar-refractivity contribution in [3.8, 4) is 23.1 Å². The molecule has 3 aromatic heterocycles. The molecule has 0 unspecified atom stereocenters. The highest BCUT2D eigenvalue weighted by Gasteiger charge is 2.44. The van der Waals surface area contributed by atoms with E-state index in [0.29, 0.717) is 40.0 Å². The van der Waals surface area contributed by atoms with Crippen LogP contribution in [-0.2, 0) is 11.8 Å². The van der Waals surface area contributed by atoms with Crippen LogP contribution in [0.5, 0.6) is 11.9 Å². The van der Waals surface area contributed by atoms with E-state index >= 15 is 0 Å². The molecule has 4 aromatic rings. The third kappa shape index (κ3) is 4.61.